The highest BCUT2D eigenvalue weighted by Gasteiger charge is 2.28. The Kier molecular flexibility index (Phi) is 5.92. The summed E-state index contributed by atoms with van der Waals surface area (Å²) in [6.45, 7) is 7.98. The molecule has 0 spiro atoms. The summed E-state index contributed by atoms with van der Waals surface area (Å²) in [5.74, 6) is 1.10. The highest BCUT2D eigenvalue weighted by Crippen LogP contribution is 2.35. The number of carbonyl (C=O) groups is 2. The maximum atomic E-state index is 12.7. The van der Waals surface area contributed by atoms with Crippen LogP contribution in [-0.2, 0) is 4.79 Å². The lowest BCUT2D eigenvalue weighted by atomic mass is 10.0. The monoisotopic (exact) mass is 396 g/mol. The second kappa shape index (κ2) is 8.39. The Morgan fingerprint density at radius 2 is 1.83 bits per heavy atom. The number of fused-ring (bicyclic) bond motifs is 1. The van der Waals surface area contributed by atoms with E-state index >= 15 is 0 Å². The van der Waals surface area contributed by atoms with Crippen molar-refractivity contribution in [1.29, 1.82) is 0 Å². The van der Waals surface area contributed by atoms with Gasteiger partial charge in [-0.3, -0.25) is 4.79 Å². The second-order valence-electron chi connectivity index (χ2n) is 7.47. The van der Waals surface area contributed by atoms with Crippen LogP contribution >= 0.6 is 0 Å². The van der Waals surface area contributed by atoms with Crippen molar-refractivity contribution in [3.8, 4) is 17.2 Å². The molecule has 0 aliphatic carbocycles. The molecule has 6 heteroatoms. The number of ketones is 1. The number of aliphatic carboxylic acids is 1. The fourth-order valence-corrected chi connectivity index (χ4v) is 3.10. The summed E-state index contributed by atoms with van der Waals surface area (Å²) in [7, 11) is 0. The Morgan fingerprint density at radius 3 is 2.45 bits per heavy atom. The zero-order valence-corrected chi connectivity index (χ0v) is 16.9. The van der Waals surface area contributed by atoms with Crippen LogP contribution in [0.25, 0.3) is 6.08 Å². The van der Waals surface area contributed by atoms with Gasteiger partial charge < -0.3 is 19.3 Å². The van der Waals surface area contributed by atoms with Gasteiger partial charge in [-0.05, 0) is 66.8 Å². The third-order valence-electron chi connectivity index (χ3n) is 4.35. The summed E-state index contributed by atoms with van der Waals surface area (Å²) in [6.07, 6.45) is 1.68. The molecule has 29 heavy (non-hydrogen) atoms. The average molecular weight is 396 g/mol. The van der Waals surface area contributed by atoms with E-state index in [1.165, 1.54) is 0 Å². The van der Waals surface area contributed by atoms with Crippen molar-refractivity contribution < 1.29 is 28.9 Å². The van der Waals surface area contributed by atoms with Gasteiger partial charge in [0, 0.05) is 6.07 Å². The number of allylic oxidation sites excluding steroid dienone is 1. The molecule has 0 aromatic heterocycles. The molecule has 0 saturated carbocycles. The van der Waals surface area contributed by atoms with Gasteiger partial charge in [-0.2, -0.15) is 0 Å². The third kappa shape index (κ3) is 4.77. The molecule has 6 nitrogen and oxygen atoms in total. The lowest BCUT2D eigenvalue weighted by Gasteiger charge is -2.11. The molecule has 2 aromatic carbocycles. The number of carbonyl (C=O) groups excluding carboxylic acids is 1. The zero-order chi connectivity index (χ0) is 21.1. The van der Waals surface area contributed by atoms with Crippen LogP contribution in [0.3, 0.4) is 0 Å². The summed E-state index contributed by atoms with van der Waals surface area (Å²) in [4.78, 5) is 23.4. The Labute approximate surface area is 169 Å². The van der Waals surface area contributed by atoms with E-state index in [1.54, 1.807) is 24.3 Å². The smallest absolute Gasteiger partial charge is 0.341 e. The van der Waals surface area contributed by atoms with Crippen LogP contribution < -0.4 is 14.2 Å². The summed E-state index contributed by atoms with van der Waals surface area (Å²) in [5, 5.41) is 8.80. The number of hydrogen-bond acceptors (Lipinski definition) is 5. The molecule has 152 valence electrons. The van der Waals surface area contributed by atoms with Crippen LogP contribution in [0.4, 0.5) is 0 Å². The molecular formula is C23H24O6. The van der Waals surface area contributed by atoms with Gasteiger partial charge in [0.1, 0.15) is 17.2 Å². The number of carboxylic acid groups (broad SMARTS) is 1. The maximum Gasteiger partial charge on any atom is 0.341 e. The molecule has 0 atom stereocenters. The molecule has 0 fully saturated rings. The van der Waals surface area contributed by atoms with Gasteiger partial charge >= 0.3 is 5.97 Å². The lowest BCUT2D eigenvalue weighted by molar-refractivity contribution is -0.139. The predicted molar refractivity (Wildman–Crippen MR) is 109 cm³/mol. The number of hydrogen-bond donors (Lipinski definition) is 1. The largest absolute Gasteiger partial charge is 0.493 e. The first kappa shape index (κ1) is 20.5. The SMILES string of the molecule is Cc1cc(/C=C2\Oc3cc(OCC(C)C)ccc3C2=O)cc(C)c1OCC(=O)O. The highest BCUT2D eigenvalue weighted by atomic mass is 16.5. The van der Waals surface area contributed by atoms with Crippen molar-refractivity contribution in [2.75, 3.05) is 13.2 Å². The molecule has 2 aromatic rings. The molecule has 0 saturated heterocycles. The topological polar surface area (TPSA) is 82.1 Å². The molecule has 1 N–H and O–H groups in total. The number of benzene rings is 2. The fraction of sp³-hybridized carbons (Fsp3) is 0.304. The van der Waals surface area contributed by atoms with Crippen molar-refractivity contribution in [3.63, 3.8) is 0 Å². The number of Topliss-reactive ketones (excluding diaryl/α,β-unsaturated/α-hetero) is 1. The van der Waals surface area contributed by atoms with E-state index in [2.05, 4.69) is 13.8 Å². The molecule has 1 aliphatic rings. The molecule has 3 rings (SSSR count). The van der Waals surface area contributed by atoms with Gasteiger partial charge in [-0.15, -0.1) is 0 Å². The van der Waals surface area contributed by atoms with Gasteiger partial charge in [-0.1, -0.05) is 13.8 Å². The summed E-state index contributed by atoms with van der Waals surface area (Å²) < 4.78 is 16.8. The van der Waals surface area contributed by atoms with Crippen LogP contribution in [-0.4, -0.2) is 30.1 Å². The van der Waals surface area contributed by atoms with Crippen molar-refractivity contribution in [2.24, 2.45) is 5.92 Å². The number of ether oxygens (including phenoxy) is 3. The van der Waals surface area contributed by atoms with E-state index in [9.17, 15) is 9.59 Å². The van der Waals surface area contributed by atoms with Crippen molar-refractivity contribution >= 4 is 17.8 Å². The predicted octanol–water partition coefficient (Wildman–Crippen LogP) is 4.42. The molecule has 1 aliphatic heterocycles. The second-order valence-corrected chi connectivity index (χ2v) is 7.47. The van der Waals surface area contributed by atoms with Gasteiger partial charge in [-0.25, -0.2) is 4.79 Å². The zero-order valence-electron chi connectivity index (χ0n) is 16.9. The molecule has 0 radical (unpaired) electrons. The van der Waals surface area contributed by atoms with Crippen molar-refractivity contribution in [1.82, 2.24) is 0 Å². The first-order valence-electron chi connectivity index (χ1n) is 9.41. The molecule has 0 amide bonds. The molecule has 0 unspecified atom stereocenters. The van der Waals surface area contributed by atoms with Crippen LogP contribution in [0, 0.1) is 19.8 Å². The van der Waals surface area contributed by atoms with Crippen LogP contribution in [0.15, 0.2) is 36.1 Å². The van der Waals surface area contributed by atoms with E-state index in [1.807, 2.05) is 26.0 Å². The molecular weight excluding hydrogens is 372 g/mol. The van der Waals surface area contributed by atoms with Crippen LogP contribution in [0.5, 0.6) is 17.2 Å². The van der Waals surface area contributed by atoms with Gasteiger partial charge in [0.25, 0.3) is 0 Å². The van der Waals surface area contributed by atoms with Gasteiger partial charge in [0.05, 0.1) is 12.2 Å². The van der Waals surface area contributed by atoms with E-state index in [-0.39, 0.29) is 11.5 Å². The Balaban J connectivity index is 1.82. The van der Waals surface area contributed by atoms with Crippen LogP contribution in [0.2, 0.25) is 0 Å². The van der Waals surface area contributed by atoms with Crippen molar-refractivity contribution in [2.45, 2.75) is 27.7 Å². The van der Waals surface area contributed by atoms with Gasteiger partial charge in [0.15, 0.2) is 12.4 Å². The van der Waals surface area contributed by atoms with E-state index in [4.69, 9.17) is 19.3 Å². The summed E-state index contributed by atoms with van der Waals surface area (Å²) in [6, 6.07) is 8.87. The van der Waals surface area contributed by atoms with E-state index < -0.39 is 12.6 Å². The number of aryl methyl sites for hydroxylation is 2. The lowest BCUT2D eigenvalue weighted by Crippen LogP contribution is -2.11. The average Bonchev–Trinajstić information content (AvgIpc) is 2.94. The Bertz CT molecular complexity index is 964. The van der Waals surface area contributed by atoms with Gasteiger partial charge in [0.2, 0.25) is 5.78 Å². The minimum absolute atomic E-state index is 0.183. The minimum Gasteiger partial charge on any atom is -0.493 e. The standard InChI is InChI=1S/C23H24O6/c1-13(2)11-27-17-5-6-18-19(10-17)29-20(22(18)26)9-16-7-14(3)23(15(4)8-16)28-12-21(24)25/h5-10,13H,11-12H2,1-4H3,(H,24,25)/b20-9-. The van der Waals surface area contributed by atoms with E-state index in [0.717, 1.165) is 16.7 Å². The Hall–Kier alpha value is -3.28. The highest BCUT2D eigenvalue weighted by molar-refractivity contribution is 6.14. The molecule has 1 heterocycles. The normalized spacial score (nSPS) is 14.1. The minimum atomic E-state index is -1.03. The first-order valence-corrected chi connectivity index (χ1v) is 9.41. The maximum absolute atomic E-state index is 12.7. The van der Waals surface area contributed by atoms with E-state index in [0.29, 0.717) is 35.3 Å². The summed E-state index contributed by atoms with van der Waals surface area (Å²) in [5.41, 5.74) is 2.84. The quantitative estimate of drug-likeness (QED) is 0.698. The molecule has 0 bridgehead atoms. The van der Waals surface area contributed by atoms with Crippen molar-refractivity contribution in [3.05, 3.63) is 58.3 Å². The fourth-order valence-electron chi connectivity index (χ4n) is 3.10. The van der Waals surface area contributed by atoms with Crippen LogP contribution in [0.1, 0.15) is 40.9 Å². The first-order chi connectivity index (χ1) is 13.7. The summed E-state index contributed by atoms with van der Waals surface area (Å²) >= 11 is 0. The number of carboxylic acids is 1. The number of rotatable bonds is 7. The Morgan fingerprint density at radius 1 is 1.14 bits per heavy atom. The third-order valence-corrected chi connectivity index (χ3v) is 4.35.